The van der Waals surface area contributed by atoms with E-state index in [9.17, 15) is 5.11 Å². The fourth-order valence-corrected chi connectivity index (χ4v) is 6.05. The number of hydrogen-bond donors (Lipinski definition) is 1. The second-order valence-electron chi connectivity index (χ2n) is 8.49. The zero-order valence-electron chi connectivity index (χ0n) is 17.7. The minimum absolute atomic E-state index is 0.611. The fourth-order valence-electron chi connectivity index (χ4n) is 4.59. The highest BCUT2D eigenvalue weighted by atomic mass is 79.9. The van der Waals surface area contributed by atoms with Crippen LogP contribution in [0.1, 0.15) is 40.8 Å². The summed E-state index contributed by atoms with van der Waals surface area (Å²) in [6, 6.07) is 16.0. The first-order valence-electron chi connectivity index (χ1n) is 10.9. The largest absolute Gasteiger partial charge is 0.488 e. The van der Waals surface area contributed by atoms with E-state index in [-0.39, 0.29) is 0 Å². The van der Waals surface area contributed by atoms with Crippen molar-refractivity contribution in [2.24, 2.45) is 0 Å². The molecule has 0 spiro atoms. The van der Waals surface area contributed by atoms with Crippen LogP contribution in [0.2, 0.25) is 5.02 Å². The standard InChI is InChI=1S/C26H25BrClNO2S/c27-20-5-8-24-23(16-20)22(25-18(17-31-24)9-15-32-25)2-1-12-29-13-10-26(30,11-14-29)19-3-6-21(28)7-4-19/h2-9,15-16,30H,1,10-14,17H2/b22-2-. The second kappa shape index (κ2) is 9.32. The van der Waals surface area contributed by atoms with E-state index in [0.717, 1.165) is 60.2 Å². The Bertz CT molecular complexity index is 1130. The summed E-state index contributed by atoms with van der Waals surface area (Å²) in [6.45, 7) is 3.36. The van der Waals surface area contributed by atoms with E-state index in [4.69, 9.17) is 16.3 Å². The van der Waals surface area contributed by atoms with Gasteiger partial charge in [-0.05, 0) is 72.2 Å². The topological polar surface area (TPSA) is 32.7 Å². The second-order valence-corrected chi connectivity index (χ2v) is 10.8. The average Bonchev–Trinajstić information content (AvgIpc) is 3.21. The van der Waals surface area contributed by atoms with Crippen molar-refractivity contribution >= 4 is 44.4 Å². The molecule has 0 aliphatic carbocycles. The molecule has 2 aromatic carbocycles. The molecular weight excluding hydrogens is 506 g/mol. The van der Waals surface area contributed by atoms with Crippen LogP contribution in [0.4, 0.5) is 0 Å². The molecule has 0 saturated carbocycles. The molecule has 6 heteroatoms. The summed E-state index contributed by atoms with van der Waals surface area (Å²) in [5.74, 6) is 0.939. The maximum atomic E-state index is 11.1. The Labute approximate surface area is 206 Å². The van der Waals surface area contributed by atoms with Crippen LogP contribution in [0.15, 0.2) is 64.5 Å². The van der Waals surface area contributed by atoms with E-state index < -0.39 is 5.60 Å². The van der Waals surface area contributed by atoms with E-state index in [0.29, 0.717) is 11.6 Å². The molecular formula is C26H25BrClNO2S. The molecule has 0 amide bonds. The van der Waals surface area contributed by atoms with Crippen LogP contribution in [0, 0.1) is 0 Å². The van der Waals surface area contributed by atoms with Gasteiger partial charge in [0.15, 0.2) is 0 Å². The normalized spacial score (nSPS) is 19.2. The highest BCUT2D eigenvalue weighted by Crippen LogP contribution is 2.41. The molecule has 0 atom stereocenters. The number of hydrogen-bond acceptors (Lipinski definition) is 4. The molecule has 166 valence electrons. The summed E-state index contributed by atoms with van der Waals surface area (Å²) in [6.07, 6.45) is 4.79. The number of piperidine rings is 1. The van der Waals surface area contributed by atoms with E-state index in [2.05, 4.69) is 44.4 Å². The van der Waals surface area contributed by atoms with Crippen molar-refractivity contribution in [1.29, 1.82) is 0 Å². The highest BCUT2D eigenvalue weighted by molar-refractivity contribution is 9.10. The van der Waals surface area contributed by atoms with Crippen LogP contribution >= 0.6 is 38.9 Å². The lowest BCUT2D eigenvalue weighted by Crippen LogP contribution is -2.42. The lowest BCUT2D eigenvalue weighted by atomic mass is 9.84. The average molecular weight is 531 g/mol. The van der Waals surface area contributed by atoms with Crippen LogP contribution in [-0.4, -0.2) is 29.6 Å². The molecule has 3 nitrogen and oxygen atoms in total. The van der Waals surface area contributed by atoms with E-state index >= 15 is 0 Å². The van der Waals surface area contributed by atoms with Crippen LogP contribution in [0.3, 0.4) is 0 Å². The van der Waals surface area contributed by atoms with Gasteiger partial charge in [-0.25, -0.2) is 0 Å². The van der Waals surface area contributed by atoms with E-state index in [1.54, 1.807) is 11.3 Å². The first kappa shape index (κ1) is 22.2. The predicted octanol–water partition coefficient (Wildman–Crippen LogP) is 6.86. The van der Waals surface area contributed by atoms with Crippen LogP contribution in [0.25, 0.3) is 5.57 Å². The maximum Gasteiger partial charge on any atom is 0.127 e. The number of ether oxygens (including phenoxy) is 1. The number of rotatable bonds is 4. The van der Waals surface area contributed by atoms with Gasteiger partial charge in [0.2, 0.25) is 0 Å². The van der Waals surface area contributed by atoms with Crippen molar-refractivity contribution in [3.63, 3.8) is 0 Å². The first-order valence-corrected chi connectivity index (χ1v) is 13.0. The molecule has 3 heterocycles. The Hall–Kier alpha value is -1.63. The highest BCUT2D eigenvalue weighted by Gasteiger charge is 2.33. The van der Waals surface area contributed by atoms with Crippen molar-refractivity contribution in [3.05, 3.63) is 91.0 Å². The minimum Gasteiger partial charge on any atom is -0.488 e. The predicted molar refractivity (Wildman–Crippen MR) is 136 cm³/mol. The third kappa shape index (κ3) is 4.55. The molecule has 0 bridgehead atoms. The third-order valence-corrected chi connectivity index (χ3v) is 8.20. The SMILES string of the molecule is OC1(c2ccc(Cl)cc2)CCN(CC/C=C2/c3cc(Br)ccc3OCc3ccsc32)CC1. The molecule has 1 aromatic heterocycles. The number of likely N-dealkylation sites (tertiary alicyclic amines) is 1. The number of benzene rings is 2. The number of thiophene rings is 1. The maximum absolute atomic E-state index is 11.1. The Morgan fingerprint density at radius 2 is 1.91 bits per heavy atom. The van der Waals surface area contributed by atoms with Crippen LogP contribution in [-0.2, 0) is 12.2 Å². The van der Waals surface area contributed by atoms with Crippen molar-refractivity contribution in [2.45, 2.75) is 31.5 Å². The van der Waals surface area contributed by atoms with Crippen molar-refractivity contribution in [2.75, 3.05) is 19.6 Å². The molecule has 1 fully saturated rings. The summed E-state index contributed by atoms with van der Waals surface area (Å²) in [5, 5.41) is 14.0. The molecule has 2 aliphatic heterocycles. The van der Waals surface area contributed by atoms with Gasteiger partial charge in [0, 0.05) is 45.1 Å². The van der Waals surface area contributed by atoms with Crippen molar-refractivity contribution in [3.8, 4) is 5.75 Å². The van der Waals surface area contributed by atoms with Gasteiger partial charge in [0.1, 0.15) is 12.4 Å². The van der Waals surface area contributed by atoms with Gasteiger partial charge in [-0.2, -0.15) is 0 Å². The minimum atomic E-state index is -0.755. The Morgan fingerprint density at radius 1 is 1.12 bits per heavy atom. The zero-order valence-corrected chi connectivity index (χ0v) is 20.8. The van der Waals surface area contributed by atoms with Crippen LogP contribution < -0.4 is 4.74 Å². The molecule has 3 aromatic rings. The van der Waals surface area contributed by atoms with Gasteiger partial charge < -0.3 is 14.7 Å². The van der Waals surface area contributed by atoms with Gasteiger partial charge in [-0.15, -0.1) is 11.3 Å². The monoisotopic (exact) mass is 529 g/mol. The Kier molecular flexibility index (Phi) is 6.46. The molecule has 32 heavy (non-hydrogen) atoms. The van der Waals surface area contributed by atoms with Gasteiger partial charge >= 0.3 is 0 Å². The molecule has 0 unspecified atom stereocenters. The number of aliphatic hydroxyl groups is 1. The number of nitrogens with zero attached hydrogens (tertiary/aromatic N) is 1. The molecule has 0 radical (unpaired) electrons. The molecule has 1 N–H and O–H groups in total. The summed E-state index contributed by atoms with van der Waals surface area (Å²) in [4.78, 5) is 3.75. The third-order valence-electron chi connectivity index (χ3n) is 6.46. The van der Waals surface area contributed by atoms with Crippen LogP contribution in [0.5, 0.6) is 5.75 Å². The zero-order chi connectivity index (χ0) is 22.1. The Morgan fingerprint density at radius 3 is 2.69 bits per heavy atom. The van der Waals surface area contributed by atoms with E-state index in [1.807, 2.05) is 36.4 Å². The summed E-state index contributed by atoms with van der Waals surface area (Å²) in [5.41, 5.74) is 3.87. The Balaban J connectivity index is 1.28. The quantitative estimate of drug-likeness (QED) is 0.400. The van der Waals surface area contributed by atoms with Crippen molar-refractivity contribution in [1.82, 2.24) is 4.90 Å². The van der Waals surface area contributed by atoms with Gasteiger partial charge in [0.25, 0.3) is 0 Å². The number of fused-ring (bicyclic) bond motifs is 2. The van der Waals surface area contributed by atoms with Gasteiger partial charge in [0.05, 0.1) is 5.60 Å². The first-order chi connectivity index (χ1) is 15.5. The van der Waals surface area contributed by atoms with Gasteiger partial charge in [-0.3, -0.25) is 0 Å². The van der Waals surface area contributed by atoms with Gasteiger partial charge in [-0.1, -0.05) is 45.7 Å². The summed E-state index contributed by atoms with van der Waals surface area (Å²) in [7, 11) is 0. The molecule has 1 saturated heterocycles. The summed E-state index contributed by atoms with van der Waals surface area (Å²) < 4.78 is 7.14. The molecule has 5 rings (SSSR count). The lowest BCUT2D eigenvalue weighted by molar-refractivity contribution is -0.0254. The number of halogens is 2. The van der Waals surface area contributed by atoms with Crippen molar-refractivity contribution < 1.29 is 9.84 Å². The smallest absolute Gasteiger partial charge is 0.127 e. The molecule has 2 aliphatic rings. The lowest BCUT2D eigenvalue weighted by Gasteiger charge is -2.38. The summed E-state index contributed by atoms with van der Waals surface area (Å²) >= 11 is 11.4. The fraction of sp³-hybridized carbons (Fsp3) is 0.308. The van der Waals surface area contributed by atoms with E-state index in [1.165, 1.54) is 16.0 Å².